The Kier molecular flexibility index (Phi) is 5.01. The third-order valence-electron chi connectivity index (χ3n) is 3.77. The van der Waals surface area contributed by atoms with Crippen LogP contribution in [0.3, 0.4) is 0 Å². The fourth-order valence-corrected chi connectivity index (χ4v) is 2.74. The molecule has 0 saturated carbocycles. The maximum Gasteiger partial charge on any atom is 0.323 e. The van der Waals surface area contributed by atoms with E-state index in [1.807, 2.05) is 6.92 Å². The summed E-state index contributed by atoms with van der Waals surface area (Å²) in [7, 11) is 0. The zero-order chi connectivity index (χ0) is 13.7. The number of hydrogen-bond donors (Lipinski definition) is 1. The number of esters is 1. The number of urea groups is 1. The Hall–Kier alpha value is -1.30. The molecule has 1 atom stereocenters. The molecule has 2 amide bonds. The number of carbonyl (C=O) groups excluding carboxylic acids is 2. The predicted octanol–water partition coefficient (Wildman–Crippen LogP) is 0.429. The van der Waals surface area contributed by atoms with Crippen LogP contribution in [0.1, 0.15) is 26.2 Å². The first-order valence-corrected chi connectivity index (χ1v) is 7.16. The minimum atomic E-state index is -0.126. The molecule has 0 radical (unpaired) electrons. The highest BCUT2D eigenvalue weighted by molar-refractivity contribution is 5.76. The summed E-state index contributed by atoms with van der Waals surface area (Å²) in [6.07, 6.45) is 3.05. The third kappa shape index (κ3) is 3.59. The van der Waals surface area contributed by atoms with E-state index >= 15 is 0 Å². The Morgan fingerprint density at radius 1 is 1.37 bits per heavy atom. The normalized spacial score (nSPS) is 24.4. The molecule has 19 heavy (non-hydrogen) atoms. The number of nitrogens with one attached hydrogen (secondary N) is 1. The molecule has 6 heteroatoms. The van der Waals surface area contributed by atoms with Crippen LogP contribution in [0.2, 0.25) is 0 Å². The quantitative estimate of drug-likeness (QED) is 0.735. The van der Waals surface area contributed by atoms with Crippen molar-refractivity contribution in [2.75, 3.05) is 39.3 Å². The van der Waals surface area contributed by atoms with E-state index in [0.29, 0.717) is 13.2 Å². The number of nitrogens with zero attached hydrogens (tertiary/aromatic N) is 2. The molecule has 2 fully saturated rings. The Morgan fingerprint density at radius 2 is 2.21 bits per heavy atom. The van der Waals surface area contributed by atoms with Crippen molar-refractivity contribution in [1.29, 1.82) is 0 Å². The molecule has 2 rings (SSSR count). The molecule has 1 N–H and O–H groups in total. The third-order valence-corrected chi connectivity index (χ3v) is 3.77. The summed E-state index contributed by atoms with van der Waals surface area (Å²) in [4.78, 5) is 27.3. The van der Waals surface area contributed by atoms with Gasteiger partial charge in [0, 0.05) is 26.2 Å². The highest BCUT2D eigenvalue weighted by atomic mass is 16.5. The summed E-state index contributed by atoms with van der Waals surface area (Å²) in [5.74, 6) is -0.118. The van der Waals surface area contributed by atoms with Crippen LogP contribution in [-0.2, 0) is 9.53 Å². The Labute approximate surface area is 114 Å². The lowest BCUT2D eigenvalue weighted by molar-refractivity contribution is -0.150. The second kappa shape index (κ2) is 6.75. The zero-order valence-electron chi connectivity index (χ0n) is 11.6. The van der Waals surface area contributed by atoms with Crippen LogP contribution in [0, 0.1) is 0 Å². The van der Waals surface area contributed by atoms with Gasteiger partial charge < -0.3 is 15.0 Å². The minimum Gasteiger partial charge on any atom is -0.465 e. The van der Waals surface area contributed by atoms with Gasteiger partial charge >= 0.3 is 12.0 Å². The Bertz CT molecular complexity index is 335. The molecule has 0 aromatic carbocycles. The van der Waals surface area contributed by atoms with Gasteiger partial charge in [0.2, 0.25) is 0 Å². The summed E-state index contributed by atoms with van der Waals surface area (Å²) < 4.78 is 5.13. The largest absolute Gasteiger partial charge is 0.465 e. The first-order valence-electron chi connectivity index (χ1n) is 7.16. The SMILES string of the molecule is CCOC(=O)C1CCCCN1CCN1CCNC1=O. The van der Waals surface area contributed by atoms with E-state index in [-0.39, 0.29) is 18.0 Å². The van der Waals surface area contributed by atoms with Crippen molar-refractivity contribution in [2.24, 2.45) is 0 Å². The molecule has 2 heterocycles. The van der Waals surface area contributed by atoms with Gasteiger partial charge in [-0.3, -0.25) is 9.69 Å². The van der Waals surface area contributed by atoms with Crippen LogP contribution in [0.5, 0.6) is 0 Å². The van der Waals surface area contributed by atoms with E-state index < -0.39 is 0 Å². The van der Waals surface area contributed by atoms with E-state index in [0.717, 1.165) is 45.4 Å². The molecule has 0 spiro atoms. The molecule has 0 aliphatic carbocycles. The highest BCUT2D eigenvalue weighted by Gasteiger charge is 2.30. The van der Waals surface area contributed by atoms with Gasteiger partial charge in [-0.05, 0) is 26.3 Å². The van der Waals surface area contributed by atoms with Crippen LogP contribution < -0.4 is 5.32 Å². The fraction of sp³-hybridized carbons (Fsp3) is 0.846. The second-order valence-corrected chi connectivity index (χ2v) is 5.02. The van der Waals surface area contributed by atoms with Crippen LogP contribution in [-0.4, -0.2) is 67.2 Å². The van der Waals surface area contributed by atoms with Gasteiger partial charge in [0.1, 0.15) is 6.04 Å². The summed E-state index contributed by atoms with van der Waals surface area (Å²) in [5.41, 5.74) is 0. The average molecular weight is 269 g/mol. The Morgan fingerprint density at radius 3 is 2.89 bits per heavy atom. The zero-order valence-corrected chi connectivity index (χ0v) is 11.6. The standard InChI is InChI=1S/C13H23N3O3/c1-2-19-12(17)11-5-3-4-7-15(11)9-10-16-8-6-14-13(16)18/h11H,2-10H2,1H3,(H,14,18). The lowest BCUT2D eigenvalue weighted by Gasteiger charge is -2.34. The van der Waals surface area contributed by atoms with Gasteiger partial charge in [-0.15, -0.1) is 0 Å². The van der Waals surface area contributed by atoms with E-state index in [1.54, 1.807) is 4.90 Å². The number of amides is 2. The van der Waals surface area contributed by atoms with E-state index in [2.05, 4.69) is 10.2 Å². The second-order valence-electron chi connectivity index (χ2n) is 5.02. The maximum atomic E-state index is 11.9. The van der Waals surface area contributed by atoms with Gasteiger partial charge in [-0.1, -0.05) is 6.42 Å². The van der Waals surface area contributed by atoms with Gasteiger partial charge in [-0.25, -0.2) is 4.79 Å². The molecule has 1 unspecified atom stereocenters. The molecular formula is C13H23N3O3. The lowest BCUT2D eigenvalue weighted by Crippen LogP contribution is -2.48. The molecule has 2 aliphatic rings. The summed E-state index contributed by atoms with van der Waals surface area (Å²) >= 11 is 0. The van der Waals surface area contributed by atoms with Gasteiger partial charge in [-0.2, -0.15) is 0 Å². The van der Waals surface area contributed by atoms with Crippen molar-refractivity contribution in [1.82, 2.24) is 15.1 Å². The summed E-state index contributed by atoms with van der Waals surface area (Å²) in [6.45, 7) is 6.09. The van der Waals surface area contributed by atoms with E-state index in [9.17, 15) is 9.59 Å². The van der Waals surface area contributed by atoms with Crippen LogP contribution >= 0.6 is 0 Å². The molecule has 108 valence electrons. The molecular weight excluding hydrogens is 246 g/mol. The van der Waals surface area contributed by atoms with Gasteiger partial charge in [0.05, 0.1) is 6.61 Å². The van der Waals surface area contributed by atoms with Crippen LogP contribution in [0.4, 0.5) is 4.79 Å². The van der Waals surface area contributed by atoms with Gasteiger partial charge in [0.15, 0.2) is 0 Å². The van der Waals surface area contributed by atoms with Crippen molar-refractivity contribution in [3.8, 4) is 0 Å². The van der Waals surface area contributed by atoms with Crippen molar-refractivity contribution < 1.29 is 14.3 Å². The molecule has 0 bridgehead atoms. The summed E-state index contributed by atoms with van der Waals surface area (Å²) in [6, 6.07) is -0.121. The minimum absolute atomic E-state index is 0.00435. The van der Waals surface area contributed by atoms with Crippen molar-refractivity contribution in [3.05, 3.63) is 0 Å². The average Bonchev–Trinajstić information content (AvgIpc) is 2.82. The number of rotatable bonds is 5. The molecule has 6 nitrogen and oxygen atoms in total. The molecule has 2 saturated heterocycles. The number of hydrogen-bond acceptors (Lipinski definition) is 4. The number of carbonyl (C=O) groups is 2. The van der Waals surface area contributed by atoms with Crippen LogP contribution in [0.25, 0.3) is 0 Å². The summed E-state index contributed by atoms with van der Waals surface area (Å²) in [5, 5.41) is 2.79. The lowest BCUT2D eigenvalue weighted by atomic mass is 10.0. The monoisotopic (exact) mass is 269 g/mol. The number of piperidine rings is 1. The van der Waals surface area contributed by atoms with E-state index in [1.165, 1.54) is 0 Å². The number of ether oxygens (including phenoxy) is 1. The maximum absolute atomic E-state index is 11.9. The molecule has 0 aromatic rings. The van der Waals surface area contributed by atoms with Crippen LogP contribution in [0.15, 0.2) is 0 Å². The van der Waals surface area contributed by atoms with Crippen molar-refractivity contribution in [3.63, 3.8) is 0 Å². The Balaban J connectivity index is 1.85. The van der Waals surface area contributed by atoms with Crippen molar-refractivity contribution >= 4 is 12.0 Å². The molecule has 0 aromatic heterocycles. The van der Waals surface area contributed by atoms with Gasteiger partial charge in [0.25, 0.3) is 0 Å². The topological polar surface area (TPSA) is 61.9 Å². The predicted molar refractivity (Wildman–Crippen MR) is 70.8 cm³/mol. The molecule has 2 aliphatic heterocycles. The number of likely N-dealkylation sites (tertiary alicyclic amines) is 1. The first kappa shape index (κ1) is 14.1. The van der Waals surface area contributed by atoms with E-state index in [4.69, 9.17) is 4.74 Å². The smallest absolute Gasteiger partial charge is 0.323 e. The highest BCUT2D eigenvalue weighted by Crippen LogP contribution is 2.18. The first-order chi connectivity index (χ1) is 9.22. The fourth-order valence-electron chi connectivity index (χ4n) is 2.74. The van der Waals surface area contributed by atoms with Crippen molar-refractivity contribution in [2.45, 2.75) is 32.2 Å².